The Balaban J connectivity index is 2.26. The highest BCUT2D eigenvalue weighted by molar-refractivity contribution is 4.95. The third-order valence-electron chi connectivity index (χ3n) is 3.38. The highest BCUT2D eigenvalue weighted by Crippen LogP contribution is 2.31. The Hall–Kier alpha value is -0.520. The molecule has 0 saturated heterocycles. The molecule has 86 valence electrons. The molecule has 1 aliphatic carbocycles. The van der Waals surface area contributed by atoms with Crippen LogP contribution in [0.25, 0.3) is 0 Å². The average molecular weight is 208 g/mol. The second-order valence-corrected chi connectivity index (χ2v) is 4.38. The monoisotopic (exact) mass is 208 g/mol. The summed E-state index contributed by atoms with van der Waals surface area (Å²) < 4.78 is 0. The van der Waals surface area contributed by atoms with Crippen molar-refractivity contribution in [2.45, 2.75) is 39.2 Å². The molecule has 0 radical (unpaired) electrons. The van der Waals surface area contributed by atoms with Crippen molar-refractivity contribution in [2.24, 2.45) is 5.92 Å². The summed E-state index contributed by atoms with van der Waals surface area (Å²) in [7, 11) is 0. The number of nitrogens with zero attached hydrogens (tertiary/aromatic N) is 1. The summed E-state index contributed by atoms with van der Waals surface area (Å²) in [5.41, 5.74) is 0. The normalized spacial score (nSPS) is 24.9. The predicted molar refractivity (Wildman–Crippen MR) is 65.8 cm³/mol. The van der Waals surface area contributed by atoms with Crippen molar-refractivity contribution in [3.05, 3.63) is 0 Å². The van der Waals surface area contributed by atoms with Gasteiger partial charge in [-0.1, -0.05) is 19.8 Å². The van der Waals surface area contributed by atoms with Gasteiger partial charge < -0.3 is 5.32 Å². The van der Waals surface area contributed by atoms with E-state index in [9.17, 15) is 0 Å². The second-order valence-electron chi connectivity index (χ2n) is 4.38. The quantitative estimate of drug-likeness (QED) is 0.506. The van der Waals surface area contributed by atoms with Crippen molar-refractivity contribution in [2.75, 3.05) is 26.2 Å². The van der Waals surface area contributed by atoms with Gasteiger partial charge in [0.25, 0.3) is 0 Å². The fraction of sp³-hybridized carbons (Fsp3) is 0.846. The van der Waals surface area contributed by atoms with Gasteiger partial charge in [0.05, 0.1) is 6.54 Å². The van der Waals surface area contributed by atoms with Crippen LogP contribution in [-0.2, 0) is 0 Å². The third kappa shape index (κ3) is 3.52. The van der Waals surface area contributed by atoms with Crippen molar-refractivity contribution < 1.29 is 0 Å². The van der Waals surface area contributed by atoms with Gasteiger partial charge in [0.2, 0.25) is 0 Å². The number of rotatable bonds is 7. The van der Waals surface area contributed by atoms with Gasteiger partial charge in [0.15, 0.2) is 0 Å². The van der Waals surface area contributed by atoms with Gasteiger partial charge in [-0.15, -0.1) is 6.42 Å². The second kappa shape index (κ2) is 6.87. The first-order valence-corrected chi connectivity index (χ1v) is 6.21. The van der Waals surface area contributed by atoms with Crippen LogP contribution in [0.5, 0.6) is 0 Å². The van der Waals surface area contributed by atoms with E-state index >= 15 is 0 Å². The van der Waals surface area contributed by atoms with Crippen molar-refractivity contribution >= 4 is 0 Å². The van der Waals surface area contributed by atoms with Gasteiger partial charge in [-0.2, -0.15) is 0 Å². The van der Waals surface area contributed by atoms with Crippen LogP contribution >= 0.6 is 0 Å². The molecular formula is C13H24N2. The molecule has 0 heterocycles. The zero-order valence-electron chi connectivity index (χ0n) is 10.1. The lowest BCUT2D eigenvalue weighted by molar-refractivity contribution is 0.0777. The molecule has 0 bridgehead atoms. The van der Waals surface area contributed by atoms with E-state index in [1.54, 1.807) is 0 Å². The molecule has 1 fully saturated rings. The highest BCUT2D eigenvalue weighted by Gasteiger charge is 2.33. The van der Waals surface area contributed by atoms with Crippen LogP contribution in [0.2, 0.25) is 0 Å². The zero-order valence-corrected chi connectivity index (χ0v) is 10.1. The number of hydrogen-bond donors (Lipinski definition) is 1. The van der Waals surface area contributed by atoms with Gasteiger partial charge in [-0.3, -0.25) is 4.90 Å². The Kier molecular flexibility index (Phi) is 5.75. The molecule has 0 aromatic heterocycles. The number of hydrogen-bond acceptors (Lipinski definition) is 2. The molecule has 2 heteroatoms. The minimum absolute atomic E-state index is 0.732. The van der Waals surface area contributed by atoms with Gasteiger partial charge in [0.1, 0.15) is 0 Å². The maximum atomic E-state index is 5.38. The molecule has 2 unspecified atom stereocenters. The first kappa shape index (κ1) is 12.5. The minimum Gasteiger partial charge on any atom is -0.316 e. The van der Waals surface area contributed by atoms with Crippen molar-refractivity contribution in [1.29, 1.82) is 0 Å². The fourth-order valence-electron chi connectivity index (χ4n) is 2.32. The molecule has 1 rings (SSSR count). The zero-order chi connectivity index (χ0) is 11.1. The molecule has 15 heavy (non-hydrogen) atoms. The fourth-order valence-corrected chi connectivity index (χ4v) is 2.32. The Morgan fingerprint density at radius 2 is 2.20 bits per heavy atom. The van der Waals surface area contributed by atoms with E-state index in [4.69, 9.17) is 6.42 Å². The lowest BCUT2D eigenvalue weighted by Crippen LogP contribution is -2.50. The molecule has 1 saturated carbocycles. The first-order valence-electron chi connectivity index (χ1n) is 6.21. The van der Waals surface area contributed by atoms with Crippen LogP contribution in [0.15, 0.2) is 0 Å². The molecule has 0 aromatic rings. The lowest BCUT2D eigenvalue weighted by Gasteiger charge is -2.43. The average Bonchev–Trinajstić information content (AvgIpc) is 2.22. The maximum absolute atomic E-state index is 5.38. The van der Waals surface area contributed by atoms with Crippen molar-refractivity contribution in [3.63, 3.8) is 0 Å². The molecule has 0 aromatic carbocycles. The first-order chi connectivity index (χ1) is 7.33. The van der Waals surface area contributed by atoms with E-state index in [1.807, 2.05) is 0 Å². The summed E-state index contributed by atoms with van der Waals surface area (Å²) in [4.78, 5) is 2.43. The summed E-state index contributed by atoms with van der Waals surface area (Å²) in [5, 5.41) is 3.51. The van der Waals surface area contributed by atoms with E-state index in [0.717, 1.165) is 31.6 Å². The smallest absolute Gasteiger partial charge is 0.0601 e. The molecule has 2 nitrogen and oxygen atoms in total. The van der Waals surface area contributed by atoms with Crippen LogP contribution in [-0.4, -0.2) is 37.1 Å². The lowest BCUT2D eigenvalue weighted by atomic mass is 9.78. The Morgan fingerprint density at radius 1 is 1.40 bits per heavy atom. The summed E-state index contributed by atoms with van der Waals surface area (Å²) in [6, 6.07) is 0.732. The van der Waals surface area contributed by atoms with Crippen LogP contribution < -0.4 is 5.32 Å². The molecular weight excluding hydrogens is 184 g/mol. The maximum Gasteiger partial charge on any atom is 0.0601 e. The minimum atomic E-state index is 0.732. The number of terminal acetylenes is 1. The highest BCUT2D eigenvalue weighted by atomic mass is 15.2. The van der Waals surface area contributed by atoms with E-state index < -0.39 is 0 Å². The van der Waals surface area contributed by atoms with Crippen molar-refractivity contribution in [1.82, 2.24) is 10.2 Å². The molecule has 1 N–H and O–H groups in total. The Morgan fingerprint density at radius 3 is 2.67 bits per heavy atom. The van der Waals surface area contributed by atoms with Crippen LogP contribution in [0.3, 0.4) is 0 Å². The number of nitrogens with one attached hydrogen (secondary N) is 1. The summed E-state index contributed by atoms with van der Waals surface area (Å²) in [6.45, 7) is 8.61. The van der Waals surface area contributed by atoms with Gasteiger partial charge in [-0.25, -0.2) is 0 Å². The van der Waals surface area contributed by atoms with Crippen LogP contribution in [0.4, 0.5) is 0 Å². The van der Waals surface area contributed by atoms with E-state index in [2.05, 4.69) is 30.0 Å². The Bertz CT molecular complexity index is 207. The van der Waals surface area contributed by atoms with Gasteiger partial charge in [0, 0.05) is 6.04 Å². The van der Waals surface area contributed by atoms with Crippen molar-refractivity contribution in [3.8, 4) is 12.3 Å². The van der Waals surface area contributed by atoms with Gasteiger partial charge in [-0.05, 0) is 44.8 Å². The van der Waals surface area contributed by atoms with E-state index in [1.165, 1.54) is 25.8 Å². The predicted octanol–water partition coefficient (Wildman–Crippen LogP) is 1.72. The van der Waals surface area contributed by atoms with Crippen LogP contribution in [0, 0.1) is 18.3 Å². The van der Waals surface area contributed by atoms with E-state index in [-0.39, 0.29) is 0 Å². The SMILES string of the molecule is C#CCN(CC)C1CCC1CNCCC. The third-order valence-corrected chi connectivity index (χ3v) is 3.38. The molecule has 0 spiro atoms. The van der Waals surface area contributed by atoms with Crippen LogP contribution in [0.1, 0.15) is 33.1 Å². The summed E-state index contributed by atoms with van der Waals surface area (Å²) in [6.07, 6.45) is 9.29. The topological polar surface area (TPSA) is 15.3 Å². The Labute approximate surface area is 94.4 Å². The molecule has 0 amide bonds. The van der Waals surface area contributed by atoms with Gasteiger partial charge >= 0.3 is 0 Å². The molecule has 0 aliphatic heterocycles. The standard InChI is InChI=1S/C13H24N2/c1-4-9-14-11-12-7-8-13(12)15(6-3)10-5-2/h2,12-14H,4,6-11H2,1,3H3. The molecule has 1 aliphatic rings. The largest absolute Gasteiger partial charge is 0.316 e. The molecule has 2 atom stereocenters. The summed E-state index contributed by atoms with van der Waals surface area (Å²) >= 11 is 0. The summed E-state index contributed by atoms with van der Waals surface area (Å²) in [5.74, 6) is 3.59. The van der Waals surface area contributed by atoms with E-state index in [0.29, 0.717) is 0 Å².